The lowest BCUT2D eigenvalue weighted by molar-refractivity contribution is -0.141. The number of carbonyl (C=O) groups is 1. The van der Waals surface area contributed by atoms with E-state index in [0.29, 0.717) is 30.4 Å². The van der Waals surface area contributed by atoms with Crippen molar-refractivity contribution in [3.63, 3.8) is 0 Å². The van der Waals surface area contributed by atoms with E-state index in [1.54, 1.807) is 12.1 Å². The Kier molecular flexibility index (Phi) is 4.98. The molecule has 0 saturated carbocycles. The molecule has 4 heteroatoms. The van der Waals surface area contributed by atoms with Gasteiger partial charge in [-0.15, -0.1) is 0 Å². The topological polar surface area (TPSA) is 35.5 Å². The fourth-order valence-electron chi connectivity index (χ4n) is 1.02. The van der Waals surface area contributed by atoms with Gasteiger partial charge in [-0.3, -0.25) is 4.79 Å². The van der Waals surface area contributed by atoms with E-state index >= 15 is 0 Å². The van der Waals surface area contributed by atoms with Gasteiger partial charge in [0.25, 0.3) is 0 Å². The number of benzene rings is 1. The predicted molar refractivity (Wildman–Crippen MR) is 58.2 cm³/mol. The smallest absolute Gasteiger partial charge is 0.302 e. The van der Waals surface area contributed by atoms with Crippen LogP contribution in [0, 0.1) is 0 Å². The third kappa shape index (κ3) is 4.70. The highest BCUT2D eigenvalue weighted by atomic mass is 35.5. The summed E-state index contributed by atoms with van der Waals surface area (Å²) in [6.45, 7) is 2.24. The van der Waals surface area contributed by atoms with Crippen LogP contribution in [0.2, 0.25) is 5.02 Å². The lowest BCUT2D eigenvalue weighted by atomic mass is 10.3. The van der Waals surface area contributed by atoms with E-state index in [2.05, 4.69) is 0 Å². The number of hydrogen-bond donors (Lipinski definition) is 0. The number of ether oxygens (including phenoxy) is 2. The molecule has 0 amide bonds. The van der Waals surface area contributed by atoms with Crippen molar-refractivity contribution in [1.82, 2.24) is 0 Å². The third-order valence-electron chi connectivity index (χ3n) is 1.69. The van der Waals surface area contributed by atoms with Crippen molar-refractivity contribution >= 4 is 17.6 Å². The summed E-state index contributed by atoms with van der Waals surface area (Å²) in [6, 6.07) is 7.26. The largest absolute Gasteiger partial charge is 0.492 e. The Balaban J connectivity index is 2.21. The average molecular weight is 229 g/mol. The van der Waals surface area contributed by atoms with Crippen molar-refractivity contribution in [1.29, 1.82) is 0 Å². The fraction of sp³-hybridized carbons (Fsp3) is 0.364. The van der Waals surface area contributed by atoms with Gasteiger partial charge >= 0.3 is 5.97 Å². The fourth-order valence-corrected chi connectivity index (χ4v) is 1.21. The van der Waals surface area contributed by atoms with Crippen molar-refractivity contribution in [3.8, 4) is 5.75 Å². The summed E-state index contributed by atoms with van der Waals surface area (Å²) in [7, 11) is 0. The number of rotatable bonds is 5. The predicted octanol–water partition coefficient (Wildman–Crippen LogP) is 2.67. The molecule has 1 aromatic carbocycles. The Labute approximate surface area is 93.9 Å². The van der Waals surface area contributed by atoms with Crippen LogP contribution in [0.3, 0.4) is 0 Å². The Bertz CT molecular complexity index is 325. The lowest BCUT2D eigenvalue weighted by Crippen LogP contribution is -2.05. The van der Waals surface area contributed by atoms with Crippen molar-refractivity contribution in [2.45, 2.75) is 13.3 Å². The van der Waals surface area contributed by atoms with Gasteiger partial charge in [-0.2, -0.15) is 0 Å². The highest BCUT2D eigenvalue weighted by Gasteiger charge is 1.99. The van der Waals surface area contributed by atoms with Crippen LogP contribution >= 0.6 is 11.6 Å². The van der Waals surface area contributed by atoms with Crippen LogP contribution in [-0.4, -0.2) is 19.2 Å². The summed E-state index contributed by atoms with van der Waals surface area (Å²) in [5, 5.41) is 0.588. The van der Waals surface area contributed by atoms with E-state index in [4.69, 9.17) is 21.1 Å². The van der Waals surface area contributed by atoms with E-state index in [9.17, 15) is 4.79 Å². The molecule has 0 aliphatic heterocycles. The SMILES string of the molecule is CC(=O)OCCCOc1ccccc1Cl. The molecule has 0 fully saturated rings. The van der Waals surface area contributed by atoms with Gasteiger partial charge in [0, 0.05) is 13.3 Å². The van der Waals surface area contributed by atoms with E-state index in [-0.39, 0.29) is 5.97 Å². The molecule has 0 spiro atoms. The number of halogens is 1. The van der Waals surface area contributed by atoms with Gasteiger partial charge in [0.15, 0.2) is 0 Å². The molecule has 0 heterocycles. The minimum atomic E-state index is -0.271. The summed E-state index contributed by atoms with van der Waals surface area (Å²) < 4.78 is 10.2. The molecule has 0 radical (unpaired) electrons. The van der Waals surface area contributed by atoms with Crippen molar-refractivity contribution in [2.24, 2.45) is 0 Å². The van der Waals surface area contributed by atoms with Crippen LogP contribution in [0.4, 0.5) is 0 Å². The van der Waals surface area contributed by atoms with Gasteiger partial charge in [0.1, 0.15) is 5.75 Å². The first kappa shape index (κ1) is 11.9. The molecular weight excluding hydrogens is 216 g/mol. The minimum absolute atomic E-state index is 0.271. The van der Waals surface area contributed by atoms with Gasteiger partial charge in [0.05, 0.1) is 18.2 Å². The van der Waals surface area contributed by atoms with Gasteiger partial charge in [-0.25, -0.2) is 0 Å². The molecule has 0 aliphatic rings. The molecule has 1 aromatic rings. The second kappa shape index (κ2) is 6.30. The zero-order valence-electron chi connectivity index (χ0n) is 8.53. The molecule has 0 aliphatic carbocycles. The highest BCUT2D eigenvalue weighted by molar-refractivity contribution is 6.32. The molecule has 0 saturated heterocycles. The third-order valence-corrected chi connectivity index (χ3v) is 2.00. The minimum Gasteiger partial charge on any atom is -0.492 e. The average Bonchev–Trinajstić information content (AvgIpc) is 2.20. The quantitative estimate of drug-likeness (QED) is 0.574. The molecule has 0 bridgehead atoms. The van der Waals surface area contributed by atoms with Crippen molar-refractivity contribution in [2.75, 3.05) is 13.2 Å². The Morgan fingerprint density at radius 2 is 2.07 bits per heavy atom. The molecule has 0 unspecified atom stereocenters. The zero-order valence-corrected chi connectivity index (χ0v) is 9.29. The molecule has 0 aromatic heterocycles. The maximum Gasteiger partial charge on any atom is 0.302 e. The molecule has 0 atom stereocenters. The second-order valence-electron chi connectivity index (χ2n) is 2.97. The molecule has 82 valence electrons. The van der Waals surface area contributed by atoms with Gasteiger partial charge in [0.2, 0.25) is 0 Å². The first-order chi connectivity index (χ1) is 7.20. The monoisotopic (exact) mass is 228 g/mol. The Morgan fingerprint density at radius 3 is 2.73 bits per heavy atom. The van der Waals surface area contributed by atoms with E-state index in [1.165, 1.54) is 6.92 Å². The Hall–Kier alpha value is -1.22. The number of hydrogen-bond acceptors (Lipinski definition) is 3. The number of carbonyl (C=O) groups excluding carboxylic acids is 1. The van der Waals surface area contributed by atoms with E-state index in [1.807, 2.05) is 12.1 Å². The summed E-state index contributed by atoms with van der Waals surface area (Å²) in [5.74, 6) is 0.384. The van der Waals surface area contributed by atoms with Gasteiger partial charge in [-0.05, 0) is 12.1 Å². The first-order valence-electron chi connectivity index (χ1n) is 4.71. The molecule has 15 heavy (non-hydrogen) atoms. The summed E-state index contributed by atoms with van der Waals surface area (Å²) >= 11 is 5.88. The van der Waals surface area contributed by atoms with Crippen LogP contribution in [0.15, 0.2) is 24.3 Å². The number of esters is 1. The highest BCUT2D eigenvalue weighted by Crippen LogP contribution is 2.22. The lowest BCUT2D eigenvalue weighted by Gasteiger charge is -2.07. The van der Waals surface area contributed by atoms with Gasteiger partial charge in [-0.1, -0.05) is 23.7 Å². The Morgan fingerprint density at radius 1 is 1.33 bits per heavy atom. The van der Waals surface area contributed by atoms with Crippen LogP contribution in [0.5, 0.6) is 5.75 Å². The molecule has 1 rings (SSSR count). The second-order valence-corrected chi connectivity index (χ2v) is 3.38. The standard InChI is InChI=1S/C11H13ClO3/c1-9(13)14-7-4-8-15-11-6-3-2-5-10(11)12/h2-3,5-6H,4,7-8H2,1H3. The van der Waals surface area contributed by atoms with Crippen LogP contribution in [-0.2, 0) is 9.53 Å². The summed E-state index contributed by atoms with van der Waals surface area (Å²) in [6.07, 6.45) is 0.658. The summed E-state index contributed by atoms with van der Waals surface area (Å²) in [4.78, 5) is 10.4. The zero-order chi connectivity index (χ0) is 11.1. The molecule has 3 nitrogen and oxygen atoms in total. The van der Waals surface area contributed by atoms with E-state index < -0.39 is 0 Å². The van der Waals surface area contributed by atoms with Crippen LogP contribution in [0.1, 0.15) is 13.3 Å². The summed E-state index contributed by atoms with van der Waals surface area (Å²) in [5.41, 5.74) is 0. The maximum absolute atomic E-state index is 10.4. The van der Waals surface area contributed by atoms with Gasteiger partial charge < -0.3 is 9.47 Å². The van der Waals surface area contributed by atoms with E-state index in [0.717, 1.165) is 0 Å². The van der Waals surface area contributed by atoms with Crippen molar-refractivity contribution in [3.05, 3.63) is 29.3 Å². The van der Waals surface area contributed by atoms with Crippen LogP contribution in [0.25, 0.3) is 0 Å². The maximum atomic E-state index is 10.4. The van der Waals surface area contributed by atoms with Crippen molar-refractivity contribution < 1.29 is 14.3 Å². The normalized spacial score (nSPS) is 9.73. The number of para-hydroxylation sites is 1. The molecule has 0 N–H and O–H groups in total. The van der Waals surface area contributed by atoms with Crippen LogP contribution < -0.4 is 4.74 Å². The first-order valence-corrected chi connectivity index (χ1v) is 5.08. The molecular formula is C11H13ClO3.